The van der Waals surface area contributed by atoms with E-state index in [2.05, 4.69) is 45.2 Å². The first-order valence-corrected chi connectivity index (χ1v) is 18.1. The minimum absolute atomic E-state index is 0.138. The van der Waals surface area contributed by atoms with Gasteiger partial charge in [-0.1, -0.05) is 59.9 Å². The number of ether oxygens (including phenoxy) is 4. The van der Waals surface area contributed by atoms with Crippen LogP contribution in [0.25, 0.3) is 11.8 Å². The Balaban J connectivity index is 1.58. The molecule has 250 valence electrons. The van der Waals surface area contributed by atoms with E-state index in [4.69, 9.17) is 23.9 Å². The fourth-order valence-corrected chi connectivity index (χ4v) is 8.53. The van der Waals surface area contributed by atoms with Gasteiger partial charge >= 0.3 is 5.97 Å². The Bertz CT molecular complexity index is 2250. The molecule has 49 heavy (non-hydrogen) atoms. The molecule has 12 heteroatoms. The van der Waals surface area contributed by atoms with E-state index in [-0.39, 0.29) is 30.2 Å². The molecule has 8 nitrogen and oxygen atoms in total. The first kappa shape index (κ1) is 34.8. The van der Waals surface area contributed by atoms with Gasteiger partial charge in [-0.05, 0) is 106 Å². The number of hydrogen-bond donors (Lipinski definition) is 0. The van der Waals surface area contributed by atoms with Gasteiger partial charge in [0.2, 0.25) is 0 Å². The van der Waals surface area contributed by atoms with E-state index in [1.807, 2.05) is 42.5 Å². The first-order valence-electron chi connectivity index (χ1n) is 15.1. The van der Waals surface area contributed by atoms with E-state index in [1.54, 1.807) is 50.4 Å². The van der Waals surface area contributed by atoms with Crippen molar-refractivity contribution in [3.8, 4) is 17.2 Å². The number of rotatable bonds is 10. The molecule has 0 aliphatic carbocycles. The summed E-state index contributed by atoms with van der Waals surface area (Å²) in [4.78, 5) is 33.7. The summed E-state index contributed by atoms with van der Waals surface area (Å²) < 4.78 is 40.2. The molecule has 6 rings (SSSR count). The molecule has 0 saturated carbocycles. The summed E-state index contributed by atoms with van der Waals surface area (Å²) in [5.74, 6) is 0.634. The smallest absolute Gasteiger partial charge is 0.338 e. The van der Waals surface area contributed by atoms with Gasteiger partial charge in [-0.25, -0.2) is 14.2 Å². The van der Waals surface area contributed by atoms with Crippen molar-refractivity contribution in [3.63, 3.8) is 0 Å². The van der Waals surface area contributed by atoms with Crippen molar-refractivity contribution in [2.24, 2.45) is 4.99 Å². The Morgan fingerprint density at radius 1 is 0.980 bits per heavy atom. The molecule has 1 aliphatic heterocycles. The predicted molar refractivity (Wildman–Crippen MR) is 203 cm³/mol. The topological polar surface area (TPSA) is 88.4 Å². The number of carbonyl (C=O) groups excluding carboxylic acids is 1. The molecule has 0 N–H and O–H groups in total. The van der Waals surface area contributed by atoms with Gasteiger partial charge in [-0.15, -0.1) is 0 Å². The van der Waals surface area contributed by atoms with Crippen molar-refractivity contribution in [2.75, 3.05) is 20.8 Å². The average molecular weight is 903 g/mol. The van der Waals surface area contributed by atoms with Gasteiger partial charge < -0.3 is 18.9 Å². The second-order valence-corrected chi connectivity index (χ2v) is 14.2. The summed E-state index contributed by atoms with van der Waals surface area (Å²) >= 11 is 5.66. The molecule has 1 aromatic heterocycles. The van der Waals surface area contributed by atoms with Crippen molar-refractivity contribution in [1.29, 1.82) is 0 Å². The highest BCUT2D eigenvalue weighted by molar-refractivity contribution is 14.1. The first-order chi connectivity index (χ1) is 23.7. The third-order valence-corrected chi connectivity index (χ3v) is 10.1. The predicted octanol–water partition coefficient (Wildman–Crippen LogP) is 6.88. The number of methoxy groups -OCH3 is 2. The van der Waals surface area contributed by atoms with Crippen LogP contribution in [0.2, 0.25) is 0 Å². The normalized spacial score (nSPS) is 14.2. The van der Waals surface area contributed by atoms with E-state index in [9.17, 15) is 14.0 Å². The van der Waals surface area contributed by atoms with Crippen molar-refractivity contribution in [1.82, 2.24) is 4.57 Å². The van der Waals surface area contributed by atoms with Gasteiger partial charge in [0, 0.05) is 14.7 Å². The molecular weight excluding hydrogens is 873 g/mol. The fourth-order valence-electron chi connectivity index (χ4n) is 5.50. The maximum Gasteiger partial charge on any atom is 0.338 e. The van der Waals surface area contributed by atoms with Crippen LogP contribution >= 0.6 is 56.5 Å². The lowest BCUT2D eigenvalue weighted by Crippen LogP contribution is -2.40. The van der Waals surface area contributed by atoms with Crippen LogP contribution in [0.15, 0.2) is 100 Å². The lowest BCUT2D eigenvalue weighted by atomic mass is 9.93. The van der Waals surface area contributed by atoms with Gasteiger partial charge in [0.05, 0.1) is 46.2 Å². The molecule has 1 atom stereocenters. The highest BCUT2D eigenvalue weighted by Crippen LogP contribution is 2.38. The number of carbonyl (C=O) groups is 1. The Hall–Kier alpha value is -4.02. The van der Waals surface area contributed by atoms with Crippen LogP contribution in [0.1, 0.15) is 35.2 Å². The Morgan fingerprint density at radius 3 is 2.41 bits per heavy atom. The van der Waals surface area contributed by atoms with E-state index >= 15 is 0 Å². The van der Waals surface area contributed by atoms with Crippen LogP contribution in [0.5, 0.6) is 17.2 Å². The van der Waals surface area contributed by atoms with Crippen molar-refractivity contribution in [2.45, 2.75) is 19.6 Å². The maximum atomic E-state index is 14.5. The number of nitrogens with zero attached hydrogens (tertiary/aromatic N) is 2. The molecule has 1 aliphatic rings. The van der Waals surface area contributed by atoms with Crippen LogP contribution in [-0.2, 0) is 16.1 Å². The van der Waals surface area contributed by atoms with Crippen LogP contribution in [0.4, 0.5) is 4.39 Å². The van der Waals surface area contributed by atoms with Crippen molar-refractivity contribution < 1.29 is 28.1 Å². The summed E-state index contributed by atoms with van der Waals surface area (Å²) in [6.07, 6.45) is 1.79. The Labute approximate surface area is 312 Å². The number of thiazole rings is 1. The molecular formula is C37H29FI2N2O6S. The average Bonchev–Trinajstić information content (AvgIpc) is 3.41. The summed E-state index contributed by atoms with van der Waals surface area (Å²) in [6.45, 7) is 2.08. The second kappa shape index (κ2) is 15.3. The standard InChI is InChI=1S/C37H29FI2N2O6S/c1-4-47-36(44)31-32(22-8-6-5-7-9-22)41-37-42(33(31)23-12-15-28(45-2)29(17-23)46-3)35(43)30(49-37)18-24-16-26(39)19-27(40)34(24)48-20-21-10-13-25(38)14-11-21/h5-19,33H,4,20H2,1-3H3/b30-18-/t33-/m1/s1. The molecule has 0 saturated heterocycles. The van der Waals surface area contributed by atoms with E-state index < -0.39 is 12.0 Å². The second-order valence-electron chi connectivity index (χ2n) is 10.8. The third kappa shape index (κ3) is 7.31. The van der Waals surface area contributed by atoms with Crippen LogP contribution in [-0.4, -0.2) is 31.4 Å². The zero-order valence-corrected chi connectivity index (χ0v) is 31.7. The molecule has 0 unspecified atom stereocenters. The number of halogens is 3. The summed E-state index contributed by atoms with van der Waals surface area (Å²) in [7, 11) is 3.07. The molecule has 0 radical (unpaired) electrons. The molecule has 5 aromatic rings. The zero-order valence-electron chi connectivity index (χ0n) is 26.5. The SMILES string of the molecule is CCOC(=O)C1=C(c2ccccc2)N=c2s/c(=C\c3cc(I)cc(I)c3OCc3ccc(F)cc3)c(=O)n2[C@@H]1c1ccc(OC)c(OC)c1. The molecule has 2 heterocycles. The van der Waals surface area contributed by atoms with E-state index in [1.165, 1.54) is 35.1 Å². The van der Waals surface area contributed by atoms with Crippen molar-refractivity contribution >= 4 is 74.3 Å². The summed E-state index contributed by atoms with van der Waals surface area (Å²) in [5.41, 5.74) is 3.12. The van der Waals surface area contributed by atoms with Gasteiger partial charge in [-0.2, -0.15) is 0 Å². The summed E-state index contributed by atoms with van der Waals surface area (Å²) in [6, 6.07) is 23.8. The number of esters is 1. The molecule has 0 bridgehead atoms. The summed E-state index contributed by atoms with van der Waals surface area (Å²) in [5, 5.41) is 0. The Kier molecular flexibility index (Phi) is 10.8. The minimum Gasteiger partial charge on any atom is -0.493 e. The lowest BCUT2D eigenvalue weighted by molar-refractivity contribution is -0.138. The monoisotopic (exact) mass is 902 g/mol. The highest BCUT2D eigenvalue weighted by Gasteiger charge is 2.35. The van der Waals surface area contributed by atoms with E-state index in [0.29, 0.717) is 49.0 Å². The molecule has 4 aromatic carbocycles. The molecule has 0 fully saturated rings. The number of fused-ring (bicyclic) bond motifs is 1. The van der Waals surface area contributed by atoms with Crippen LogP contribution in [0.3, 0.4) is 0 Å². The van der Waals surface area contributed by atoms with Gasteiger partial charge in [0.25, 0.3) is 5.56 Å². The highest BCUT2D eigenvalue weighted by atomic mass is 127. The maximum absolute atomic E-state index is 14.5. The van der Waals surface area contributed by atoms with Gasteiger partial charge in [-0.3, -0.25) is 9.36 Å². The number of benzene rings is 4. The number of aromatic nitrogens is 1. The minimum atomic E-state index is -0.891. The Morgan fingerprint density at radius 2 is 1.71 bits per heavy atom. The van der Waals surface area contributed by atoms with Crippen LogP contribution < -0.4 is 29.1 Å². The largest absolute Gasteiger partial charge is 0.493 e. The zero-order chi connectivity index (χ0) is 34.7. The van der Waals surface area contributed by atoms with Gasteiger partial charge in [0.15, 0.2) is 16.3 Å². The quantitative estimate of drug-likeness (QED) is 0.112. The van der Waals surface area contributed by atoms with Crippen molar-refractivity contribution in [3.05, 3.63) is 145 Å². The molecule has 0 spiro atoms. The lowest BCUT2D eigenvalue weighted by Gasteiger charge is -2.26. The van der Waals surface area contributed by atoms with Gasteiger partial charge in [0.1, 0.15) is 18.2 Å². The van der Waals surface area contributed by atoms with Crippen LogP contribution in [0, 0.1) is 13.0 Å². The van der Waals surface area contributed by atoms with E-state index in [0.717, 1.165) is 12.7 Å². The molecule has 0 amide bonds. The third-order valence-electron chi connectivity index (χ3n) is 7.72. The number of hydrogen-bond acceptors (Lipinski definition) is 8. The fraction of sp³-hybridized carbons (Fsp3) is 0.162.